The minimum Gasteiger partial charge on any atom is -0.378 e. The Balaban J connectivity index is 2.57. The van der Waals surface area contributed by atoms with Crippen LogP contribution in [0, 0.1) is 5.92 Å². The van der Waals surface area contributed by atoms with Gasteiger partial charge in [-0.2, -0.15) is 0 Å². The van der Waals surface area contributed by atoms with E-state index in [9.17, 15) is 9.59 Å². The van der Waals surface area contributed by atoms with Crippen molar-refractivity contribution in [1.82, 2.24) is 10.2 Å². The number of hydrogen-bond acceptors (Lipinski definition) is 3. The van der Waals surface area contributed by atoms with Gasteiger partial charge in [0.2, 0.25) is 11.8 Å². The molecule has 1 heterocycles. The molecular weight excluding hydrogens is 256 g/mol. The van der Waals surface area contributed by atoms with Gasteiger partial charge < -0.3 is 15.0 Å². The Morgan fingerprint density at radius 3 is 2.45 bits per heavy atom. The van der Waals surface area contributed by atoms with Crippen LogP contribution in [0.15, 0.2) is 0 Å². The number of amides is 2. The van der Waals surface area contributed by atoms with Gasteiger partial charge >= 0.3 is 0 Å². The Hall–Kier alpha value is -1.10. The Morgan fingerprint density at radius 1 is 1.25 bits per heavy atom. The van der Waals surface area contributed by atoms with Crippen LogP contribution in [0.1, 0.15) is 46.5 Å². The van der Waals surface area contributed by atoms with Gasteiger partial charge in [0.15, 0.2) is 0 Å². The maximum absolute atomic E-state index is 12.5. The Labute approximate surface area is 122 Å². The number of carbonyl (C=O) groups is 2. The van der Waals surface area contributed by atoms with Crippen molar-refractivity contribution in [2.75, 3.05) is 26.3 Å². The van der Waals surface area contributed by atoms with Gasteiger partial charge in [0.25, 0.3) is 0 Å². The van der Waals surface area contributed by atoms with Gasteiger partial charge in [-0.3, -0.25) is 9.59 Å². The zero-order valence-corrected chi connectivity index (χ0v) is 13.0. The quantitative estimate of drug-likeness (QED) is 0.772. The molecule has 0 aromatic heterocycles. The Kier molecular flexibility index (Phi) is 7.59. The summed E-state index contributed by atoms with van der Waals surface area (Å²) in [6.45, 7) is 8.61. The largest absolute Gasteiger partial charge is 0.378 e. The molecule has 1 N–H and O–H groups in total. The predicted molar refractivity (Wildman–Crippen MR) is 78.3 cm³/mol. The molecule has 5 heteroatoms. The standard InChI is InChI=1S/C15H28N2O3/c1-4-5-6-14(18)16-13(11-12(2)3)15(19)17-7-9-20-10-8-17/h12-13H,4-11H2,1-3H3,(H,16,18)/t13-/m1/s1. The molecule has 0 aromatic rings. The first-order valence-electron chi connectivity index (χ1n) is 7.70. The molecule has 0 bridgehead atoms. The normalized spacial score (nSPS) is 17.1. The fourth-order valence-corrected chi connectivity index (χ4v) is 2.30. The van der Waals surface area contributed by atoms with Gasteiger partial charge in [0, 0.05) is 19.5 Å². The number of rotatable bonds is 7. The van der Waals surface area contributed by atoms with Crippen molar-refractivity contribution in [1.29, 1.82) is 0 Å². The van der Waals surface area contributed by atoms with Gasteiger partial charge in [0.1, 0.15) is 6.04 Å². The third-order valence-electron chi connectivity index (χ3n) is 3.42. The van der Waals surface area contributed by atoms with Crippen LogP contribution in [0.4, 0.5) is 0 Å². The monoisotopic (exact) mass is 284 g/mol. The number of ether oxygens (including phenoxy) is 1. The number of nitrogens with one attached hydrogen (secondary N) is 1. The van der Waals surface area contributed by atoms with Gasteiger partial charge in [-0.25, -0.2) is 0 Å². The fourth-order valence-electron chi connectivity index (χ4n) is 2.30. The second kappa shape index (κ2) is 8.95. The molecule has 0 spiro atoms. The number of unbranched alkanes of at least 4 members (excludes halogenated alkanes) is 1. The van der Waals surface area contributed by atoms with E-state index in [1.165, 1.54) is 0 Å². The molecule has 1 rings (SSSR count). The molecule has 5 nitrogen and oxygen atoms in total. The van der Waals surface area contributed by atoms with Crippen LogP contribution in [-0.2, 0) is 14.3 Å². The van der Waals surface area contributed by atoms with Crippen molar-refractivity contribution in [3.05, 3.63) is 0 Å². The van der Waals surface area contributed by atoms with Crippen LogP contribution in [0.3, 0.4) is 0 Å². The molecule has 20 heavy (non-hydrogen) atoms. The summed E-state index contributed by atoms with van der Waals surface area (Å²) in [4.78, 5) is 26.2. The van der Waals surface area contributed by atoms with Crippen LogP contribution >= 0.6 is 0 Å². The molecule has 2 amide bonds. The molecule has 1 atom stereocenters. The highest BCUT2D eigenvalue weighted by Gasteiger charge is 2.27. The van der Waals surface area contributed by atoms with E-state index >= 15 is 0 Å². The number of carbonyl (C=O) groups excluding carboxylic acids is 2. The zero-order chi connectivity index (χ0) is 15.0. The van der Waals surface area contributed by atoms with E-state index in [0.29, 0.717) is 45.1 Å². The molecule has 116 valence electrons. The van der Waals surface area contributed by atoms with Crippen molar-refractivity contribution >= 4 is 11.8 Å². The van der Waals surface area contributed by atoms with Gasteiger partial charge in [-0.05, 0) is 18.8 Å². The zero-order valence-electron chi connectivity index (χ0n) is 13.0. The first-order chi connectivity index (χ1) is 9.54. The molecule has 0 aliphatic carbocycles. The van der Waals surface area contributed by atoms with Crippen molar-refractivity contribution in [3.8, 4) is 0 Å². The summed E-state index contributed by atoms with van der Waals surface area (Å²) in [6, 6.07) is -0.391. The van der Waals surface area contributed by atoms with Crippen molar-refractivity contribution < 1.29 is 14.3 Å². The lowest BCUT2D eigenvalue weighted by atomic mass is 10.0. The highest BCUT2D eigenvalue weighted by Crippen LogP contribution is 2.10. The first-order valence-corrected chi connectivity index (χ1v) is 7.70. The van der Waals surface area contributed by atoms with Crippen LogP contribution in [0.25, 0.3) is 0 Å². The maximum Gasteiger partial charge on any atom is 0.245 e. The number of hydrogen-bond donors (Lipinski definition) is 1. The van der Waals surface area contributed by atoms with Gasteiger partial charge in [-0.15, -0.1) is 0 Å². The van der Waals surface area contributed by atoms with E-state index in [-0.39, 0.29) is 11.8 Å². The SMILES string of the molecule is CCCCC(=O)N[C@H](CC(C)C)C(=O)N1CCOCC1. The third kappa shape index (κ3) is 5.90. The summed E-state index contributed by atoms with van der Waals surface area (Å²) in [5, 5.41) is 2.91. The van der Waals surface area contributed by atoms with Crippen LogP contribution < -0.4 is 5.32 Å². The average molecular weight is 284 g/mol. The summed E-state index contributed by atoms with van der Waals surface area (Å²) in [7, 11) is 0. The van der Waals surface area contributed by atoms with E-state index in [1.54, 1.807) is 4.90 Å². The lowest BCUT2D eigenvalue weighted by Crippen LogP contribution is -2.52. The van der Waals surface area contributed by atoms with E-state index in [4.69, 9.17) is 4.74 Å². The molecule has 0 aromatic carbocycles. The Morgan fingerprint density at radius 2 is 1.90 bits per heavy atom. The highest BCUT2D eigenvalue weighted by atomic mass is 16.5. The molecule has 0 saturated carbocycles. The van der Waals surface area contributed by atoms with E-state index < -0.39 is 6.04 Å². The van der Waals surface area contributed by atoms with Crippen molar-refractivity contribution in [2.24, 2.45) is 5.92 Å². The van der Waals surface area contributed by atoms with E-state index in [1.807, 2.05) is 0 Å². The summed E-state index contributed by atoms with van der Waals surface area (Å²) in [5.74, 6) is 0.391. The van der Waals surface area contributed by atoms with Gasteiger partial charge in [-0.1, -0.05) is 27.2 Å². The second-order valence-corrected chi connectivity index (χ2v) is 5.79. The van der Waals surface area contributed by atoms with Crippen LogP contribution in [0.2, 0.25) is 0 Å². The van der Waals surface area contributed by atoms with Crippen molar-refractivity contribution in [3.63, 3.8) is 0 Å². The minimum atomic E-state index is -0.391. The van der Waals surface area contributed by atoms with Crippen LogP contribution in [0.5, 0.6) is 0 Å². The summed E-state index contributed by atoms with van der Waals surface area (Å²) >= 11 is 0. The summed E-state index contributed by atoms with van der Waals surface area (Å²) in [5.41, 5.74) is 0. The first kappa shape index (κ1) is 17.0. The molecular formula is C15H28N2O3. The second-order valence-electron chi connectivity index (χ2n) is 5.79. The molecule has 0 unspecified atom stereocenters. The summed E-state index contributed by atoms with van der Waals surface area (Å²) in [6.07, 6.45) is 3.04. The molecule has 0 radical (unpaired) electrons. The number of morpholine rings is 1. The number of nitrogens with zero attached hydrogens (tertiary/aromatic N) is 1. The highest BCUT2D eigenvalue weighted by molar-refractivity contribution is 5.87. The third-order valence-corrected chi connectivity index (χ3v) is 3.42. The predicted octanol–water partition coefficient (Wildman–Crippen LogP) is 1.57. The fraction of sp³-hybridized carbons (Fsp3) is 0.867. The Bertz CT molecular complexity index is 312. The van der Waals surface area contributed by atoms with E-state index in [0.717, 1.165) is 12.8 Å². The van der Waals surface area contributed by atoms with Crippen LogP contribution in [-0.4, -0.2) is 49.1 Å². The molecule has 1 saturated heterocycles. The van der Waals surface area contributed by atoms with Crippen molar-refractivity contribution in [2.45, 2.75) is 52.5 Å². The van der Waals surface area contributed by atoms with Gasteiger partial charge in [0.05, 0.1) is 13.2 Å². The lowest BCUT2D eigenvalue weighted by Gasteiger charge is -2.31. The average Bonchev–Trinajstić information content (AvgIpc) is 2.44. The lowest BCUT2D eigenvalue weighted by molar-refractivity contribution is -0.140. The summed E-state index contributed by atoms with van der Waals surface area (Å²) < 4.78 is 5.26. The topological polar surface area (TPSA) is 58.6 Å². The molecule has 1 fully saturated rings. The molecule has 1 aliphatic heterocycles. The smallest absolute Gasteiger partial charge is 0.245 e. The van der Waals surface area contributed by atoms with E-state index in [2.05, 4.69) is 26.1 Å². The molecule has 1 aliphatic rings. The maximum atomic E-state index is 12.5. The minimum absolute atomic E-state index is 0.0147.